The lowest BCUT2D eigenvalue weighted by atomic mass is 10.1. The fourth-order valence-electron chi connectivity index (χ4n) is 2.55. The van der Waals surface area contributed by atoms with Crippen molar-refractivity contribution >= 4 is 11.8 Å². The number of hydrogen-bond acceptors (Lipinski definition) is 6. The molecule has 25 heavy (non-hydrogen) atoms. The first-order valence-corrected chi connectivity index (χ1v) is 9.27. The van der Waals surface area contributed by atoms with E-state index in [-0.39, 0.29) is 23.9 Å². The molecule has 0 bridgehead atoms. The van der Waals surface area contributed by atoms with Crippen LogP contribution < -0.4 is 31.9 Å². The first-order valence-electron chi connectivity index (χ1n) is 9.27. The van der Waals surface area contributed by atoms with Crippen molar-refractivity contribution < 1.29 is 9.59 Å². The van der Waals surface area contributed by atoms with E-state index in [0.29, 0.717) is 19.6 Å². The minimum atomic E-state index is -0.192. The summed E-state index contributed by atoms with van der Waals surface area (Å²) in [5.74, 6) is 0.0392. The Hall–Kier alpha value is -1.22. The van der Waals surface area contributed by atoms with Crippen molar-refractivity contribution in [3.8, 4) is 0 Å². The summed E-state index contributed by atoms with van der Waals surface area (Å²) in [6.45, 7) is 2.60. The van der Waals surface area contributed by atoms with Gasteiger partial charge in [0.1, 0.15) is 0 Å². The maximum Gasteiger partial charge on any atom is 0.237 e. The summed E-state index contributed by atoms with van der Waals surface area (Å²) in [5, 5.41) is 18.1. The Bertz CT molecular complexity index is 354. The second-order valence-corrected chi connectivity index (χ2v) is 6.19. The van der Waals surface area contributed by atoms with Gasteiger partial charge in [0, 0.05) is 19.1 Å². The highest BCUT2D eigenvalue weighted by Crippen LogP contribution is 2.01. The fourth-order valence-corrected chi connectivity index (χ4v) is 2.55. The summed E-state index contributed by atoms with van der Waals surface area (Å²) in [6, 6.07) is 0.0972. The third-order valence-electron chi connectivity index (χ3n) is 4.15. The van der Waals surface area contributed by atoms with E-state index < -0.39 is 0 Å². The topological polar surface area (TPSA) is 106 Å². The molecule has 0 heterocycles. The molecule has 0 aliphatic carbocycles. The molecule has 0 aromatic rings. The molecule has 0 aromatic heterocycles. The Morgan fingerprint density at radius 2 is 1.56 bits per heavy atom. The van der Waals surface area contributed by atoms with E-state index in [1.165, 1.54) is 0 Å². The lowest BCUT2D eigenvalue weighted by molar-refractivity contribution is -0.123. The lowest BCUT2D eigenvalue weighted by Gasteiger charge is -2.20. The Morgan fingerprint density at radius 3 is 2.16 bits per heavy atom. The molecule has 8 nitrogen and oxygen atoms in total. The van der Waals surface area contributed by atoms with Crippen LogP contribution >= 0.6 is 0 Å². The smallest absolute Gasteiger partial charge is 0.237 e. The summed E-state index contributed by atoms with van der Waals surface area (Å²) >= 11 is 0. The van der Waals surface area contributed by atoms with E-state index in [1.54, 1.807) is 14.1 Å². The molecule has 0 fully saturated rings. The normalized spacial score (nSPS) is 13.3. The van der Waals surface area contributed by atoms with E-state index in [4.69, 9.17) is 0 Å². The van der Waals surface area contributed by atoms with Crippen LogP contribution in [0, 0.1) is 0 Å². The molecule has 0 aliphatic rings. The van der Waals surface area contributed by atoms with Crippen LogP contribution in [0.25, 0.3) is 0 Å². The summed E-state index contributed by atoms with van der Waals surface area (Å²) in [4.78, 5) is 23.6. The van der Waals surface area contributed by atoms with Gasteiger partial charge in [-0.3, -0.25) is 9.59 Å². The Morgan fingerprint density at radius 1 is 0.800 bits per heavy atom. The number of hydrogen-bond donors (Lipinski definition) is 6. The van der Waals surface area contributed by atoms with Crippen molar-refractivity contribution in [3.63, 3.8) is 0 Å². The van der Waals surface area contributed by atoms with Gasteiger partial charge < -0.3 is 31.9 Å². The summed E-state index contributed by atoms with van der Waals surface area (Å²) in [5.41, 5.74) is 0. The molecular weight excluding hydrogens is 320 g/mol. The molecule has 0 radical (unpaired) electrons. The molecule has 0 aliphatic heterocycles. The highest BCUT2D eigenvalue weighted by Gasteiger charge is 2.17. The Kier molecular flexibility index (Phi) is 15.5. The molecule has 0 unspecified atom stereocenters. The SMILES string of the molecule is CNCCC[C@@H](CNC(=O)[C@H](CCCCNC(=O)CNC)NC)NC. The Labute approximate surface area is 152 Å². The summed E-state index contributed by atoms with van der Waals surface area (Å²) in [6.07, 6.45) is 4.61. The van der Waals surface area contributed by atoms with Gasteiger partial charge >= 0.3 is 0 Å². The maximum absolute atomic E-state index is 12.3. The van der Waals surface area contributed by atoms with Gasteiger partial charge in [0.2, 0.25) is 11.8 Å². The average Bonchev–Trinajstić information content (AvgIpc) is 2.61. The fraction of sp³-hybridized carbons (Fsp3) is 0.882. The molecule has 0 saturated carbocycles. The lowest BCUT2D eigenvalue weighted by Crippen LogP contribution is -2.47. The molecule has 6 N–H and O–H groups in total. The van der Waals surface area contributed by atoms with Crippen molar-refractivity contribution in [3.05, 3.63) is 0 Å². The van der Waals surface area contributed by atoms with Crippen molar-refractivity contribution in [2.24, 2.45) is 0 Å². The van der Waals surface area contributed by atoms with Crippen LogP contribution in [0.15, 0.2) is 0 Å². The van der Waals surface area contributed by atoms with E-state index in [0.717, 1.165) is 38.6 Å². The van der Waals surface area contributed by atoms with E-state index in [1.807, 2.05) is 14.1 Å². The molecule has 2 atom stereocenters. The third kappa shape index (κ3) is 12.7. The number of carbonyl (C=O) groups is 2. The van der Waals surface area contributed by atoms with Gasteiger partial charge in [-0.1, -0.05) is 0 Å². The van der Waals surface area contributed by atoms with E-state index in [2.05, 4.69) is 31.9 Å². The molecule has 2 amide bonds. The van der Waals surface area contributed by atoms with Crippen LogP contribution in [-0.4, -0.2) is 78.3 Å². The van der Waals surface area contributed by atoms with Crippen LogP contribution in [-0.2, 0) is 9.59 Å². The highest BCUT2D eigenvalue weighted by molar-refractivity contribution is 5.81. The number of nitrogens with one attached hydrogen (secondary N) is 6. The Balaban J connectivity index is 3.94. The van der Waals surface area contributed by atoms with E-state index >= 15 is 0 Å². The predicted molar refractivity (Wildman–Crippen MR) is 103 cm³/mol. The second-order valence-electron chi connectivity index (χ2n) is 6.19. The molecule has 0 rings (SSSR count). The third-order valence-corrected chi connectivity index (χ3v) is 4.15. The van der Waals surface area contributed by atoms with Crippen molar-refractivity contribution in [1.29, 1.82) is 0 Å². The summed E-state index contributed by atoms with van der Waals surface area (Å²) < 4.78 is 0. The van der Waals surface area contributed by atoms with Gasteiger partial charge in [0.15, 0.2) is 0 Å². The van der Waals surface area contributed by atoms with Gasteiger partial charge in [0.25, 0.3) is 0 Å². The quantitative estimate of drug-likeness (QED) is 0.193. The summed E-state index contributed by atoms with van der Waals surface area (Å²) in [7, 11) is 7.42. The minimum absolute atomic E-state index is 0.00166. The standard InChI is InChI=1S/C17H38N6O2/c1-18-10-7-8-14(20-3)12-23-17(25)15(21-4)9-5-6-11-22-16(24)13-19-2/h14-15,18-21H,5-13H2,1-4H3,(H,22,24)(H,23,25)/t14-,15-/m0/s1. The average molecular weight is 359 g/mol. The maximum atomic E-state index is 12.3. The molecule has 0 saturated heterocycles. The van der Waals surface area contributed by atoms with Crippen molar-refractivity contribution in [1.82, 2.24) is 31.9 Å². The van der Waals surface area contributed by atoms with Gasteiger partial charge in [-0.2, -0.15) is 0 Å². The largest absolute Gasteiger partial charge is 0.355 e. The van der Waals surface area contributed by atoms with Crippen LogP contribution in [0.2, 0.25) is 0 Å². The first-order chi connectivity index (χ1) is 12.1. The molecule has 148 valence electrons. The van der Waals surface area contributed by atoms with Crippen molar-refractivity contribution in [2.75, 3.05) is 54.4 Å². The number of likely N-dealkylation sites (N-methyl/N-ethyl adjacent to an activating group) is 3. The number of rotatable bonds is 16. The molecule has 0 spiro atoms. The zero-order chi connectivity index (χ0) is 18.9. The predicted octanol–water partition coefficient (Wildman–Crippen LogP) is -1.22. The van der Waals surface area contributed by atoms with E-state index in [9.17, 15) is 9.59 Å². The number of carbonyl (C=O) groups excluding carboxylic acids is 2. The van der Waals surface area contributed by atoms with Crippen LogP contribution in [0.4, 0.5) is 0 Å². The van der Waals surface area contributed by atoms with Crippen LogP contribution in [0.1, 0.15) is 32.1 Å². The number of unbranched alkanes of at least 4 members (excludes halogenated alkanes) is 1. The second kappa shape index (κ2) is 16.3. The van der Waals surface area contributed by atoms with Crippen molar-refractivity contribution in [2.45, 2.75) is 44.2 Å². The minimum Gasteiger partial charge on any atom is -0.355 e. The molecule has 0 aromatic carbocycles. The van der Waals surface area contributed by atoms with Crippen LogP contribution in [0.3, 0.4) is 0 Å². The van der Waals surface area contributed by atoms with Crippen LogP contribution in [0.5, 0.6) is 0 Å². The van der Waals surface area contributed by atoms with Gasteiger partial charge in [0.05, 0.1) is 12.6 Å². The number of amides is 2. The monoisotopic (exact) mass is 358 g/mol. The molecular formula is C17H38N6O2. The van der Waals surface area contributed by atoms with Gasteiger partial charge in [-0.15, -0.1) is 0 Å². The zero-order valence-electron chi connectivity index (χ0n) is 16.3. The first kappa shape index (κ1) is 23.8. The van der Waals surface area contributed by atoms with Gasteiger partial charge in [-0.05, 0) is 66.8 Å². The highest BCUT2D eigenvalue weighted by atomic mass is 16.2. The van der Waals surface area contributed by atoms with Gasteiger partial charge in [-0.25, -0.2) is 0 Å². The zero-order valence-corrected chi connectivity index (χ0v) is 16.3. The molecule has 8 heteroatoms.